The molecule has 2 N–H and O–H groups in total. The second-order valence-electron chi connectivity index (χ2n) is 3.87. The van der Waals surface area contributed by atoms with Gasteiger partial charge in [0.2, 0.25) is 0 Å². The molecule has 2 aromatic heterocycles. The lowest BCUT2D eigenvalue weighted by atomic mass is 10.0. The van der Waals surface area contributed by atoms with E-state index in [1.165, 1.54) is 5.56 Å². The van der Waals surface area contributed by atoms with E-state index in [1.54, 1.807) is 23.7 Å². The van der Waals surface area contributed by atoms with Crippen LogP contribution < -0.4 is 10.5 Å². The van der Waals surface area contributed by atoms with Crippen LogP contribution >= 0.6 is 11.3 Å². The summed E-state index contributed by atoms with van der Waals surface area (Å²) >= 11 is 1.67. The molecule has 3 nitrogen and oxygen atoms in total. The molecule has 2 rings (SSSR count). The molecule has 1 unspecified atom stereocenters. The minimum atomic E-state index is -0.130. The lowest BCUT2D eigenvalue weighted by Gasteiger charge is -2.13. The number of pyridine rings is 1. The zero-order valence-corrected chi connectivity index (χ0v) is 10.8. The molecule has 0 saturated heterocycles. The molecule has 2 heterocycles. The van der Waals surface area contributed by atoms with Gasteiger partial charge >= 0.3 is 0 Å². The Morgan fingerprint density at radius 3 is 2.88 bits per heavy atom. The third-order valence-corrected chi connectivity index (χ3v) is 3.51. The molecule has 0 aliphatic rings. The summed E-state index contributed by atoms with van der Waals surface area (Å²) in [5.74, 6) is 0.772. The van der Waals surface area contributed by atoms with Crippen LogP contribution in [0.3, 0.4) is 0 Å². The minimum Gasteiger partial charge on any atom is -0.492 e. The lowest BCUT2D eigenvalue weighted by molar-refractivity contribution is 0.338. The van der Waals surface area contributed by atoms with Gasteiger partial charge in [-0.3, -0.25) is 4.98 Å². The number of aryl methyl sites for hydroxylation is 1. The van der Waals surface area contributed by atoms with E-state index in [0.717, 1.165) is 16.9 Å². The van der Waals surface area contributed by atoms with Crippen molar-refractivity contribution in [3.63, 3.8) is 0 Å². The summed E-state index contributed by atoms with van der Waals surface area (Å²) in [6.45, 7) is 4.67. The molecule has 0 spiro atoms. The van der Waals surface area contributed by atoms with Crippen LogP contribution in [0.15, 0.2) is 29.2 Å². The third-order valence-electron chi connectivity index (χ3n) is 2.63. The van der Waals surface area contributed by atoms with Crippen LogP contribution in [0.1, 0.15) is 29.7 Å². The Kier molecular flexibility index (Phi) is 3.76. The van der Waals surface area contributed by atoms with Crippen molar-refractivity contribution in [2.45, 2.75) is 19.9 Å². The maximum absolute atomic E-state index is 6.24. The number of aromatic nitrogens is 1. The quantitative estimate of drug-likeness (QED) is 0.905. The SMILES string of the molecule is CCOc1cncc(C(N)c2cscc2C)c1. The molecule has 0 aliphatic heterocycles. The summed E-state index contributed by atoms with van der Waals surface area (Å²) in [6.07, 6.45) is 3.50. The van der Waals surface area contributed by atoms with Crippen molar-refractivity contribution >= 4 is 11.3 Å². The minimum absolute atomic E-state index is 0.130. The molecular formula is C13H16N2OS. The van der Waals surface area contributed by atoms with Gasteiger partial charge in [-0.25, -0.2) is 0 Å². The Morgan fingerprint density at radius 1 is 1.41 bits per heavy atom. The van der Waals surface area contributed by atoms with Gasteiger partial charge in [-0.15, -0.1) is 0 Å². The van der Waals surface area contributed by atoms with E-state index in [9.17, 15) is 0 Å². The van der Waals surface area contributed by atoms with E-state index in [2.05, 4.69) is 22.7 Å². The van der Waals surface area contributed by atoms with Gasteiger partial charge in [-0.05, 0) is 47.4 Å². The fraction of sp³-hybridized carbons (Fsp3) is 0.308. The number of nitrogens with zero attached hydrogens (tertiary/aromatic N) is 1. The van der Waals surface area contributed by atoms with Gasteiger partial charge in [0.25, 0.3) is 0 Å². The first-order valence-corrected chi connectivity index (χ1v) is 6.52. The number of hydrogen-bond acceptors (Lipinski definition) is 4. The van der Waals surface area contributed by atoms with Gasteiger partial charge in [0.05, 0.1) is 18.8 Å². The monoisotopic (exact) mass is 248 g/mol. The molecule has 0 fully saturated rings. The summed E-state index contributed by atoms with van der Waals surface area (Å²) in [6, 6.07) is 1.83. The second-order valence-corrected chi connectivity index (χ2v) is 4.62. The number of hydrogen-bond donors (Lipinski definition) is 1. The second kappa shape index (κ2) is 5.29. The average Bonchev–Trinajstić information content (AvgIpc) is 2.75. The zero-order valence-electron chi connectivity index (χ0n) is 10.0. The van der Waals surface area contributed by atoms with Crippen LogP contribution in [0.2, 0.25) is 0 Å². The van der Waals surface area contributed by atoms with Crippen molar-refractivity contribution in [2.75, 3.05) is 6.61 Å². The summed E-state index contributed by atoms with van der Waals surface area (Å²) in [5, 5.41) is 4.20. The van der Waals surface area contributed by atoms with E-state index in [4.69, 9.17) is 10.5 Å². The van der Waals surface area contributed by atoms with Crippen molar-refractivity contribution in [1.29, 1.82) is 0 Å². The zero-order chi connectivity index (χ0) is 12.3. The number of thiophene rings is 1. The first-order valence-electron chi connectivity index (χ1n) is 5.58. The predicted molar refractivity (Wildman–Crippen MR) is 70.5 cm³/mol. The van der Waals surface area contributed by atoms with E-state index in [1.807, 2.05) is 13.0 Å². The van der Waals surface area contributed by atoms with Crippen LogP contribution in [0.25, 0.3) is 0 Å². The summed E-state index contributed by atoms with van der Waals surface area (Å²) < 4.78 is 5.43. The fourth-order valence-corrected chi connectivity index (χ4v) is 2.61. The Hall–Kier alpha value is -1.39. The highest BCUT2D eigenvalue weighted by molar-refractivity contribution is 7.08. The summed E-state index contributed by atoms with van der Waals surface area (Å²) in [5.41, 5.74) is 9.61. The van der Waals surface area contributed by atoms with Crippen LogP contribution in [-0.2, 0) is 0 Å². The molecule has 0 aliphatic carbocycles. The Labute approximate surface area is 105 Å². The van der Waals surface area contributed by atoms with Crippen molar-refractivity contribution in [2.24, 2.45) is 5.73 Å². The van der Waals surface area contributed by atoms with Gasteiger partial charge in [0.15, 0.2) is 0 Å². The van der Waals surface area contributed by atoms with E-state index < -0.39 is 0 Å². The molecular weight excluding hydrogens is 232 g/mol. The van der Waals surface area contributed by atoms with Gasteiger partial charge < -0.3 is 10.5 Å². The predicted octanol–water partition coefficient (Wildman–Crippen LogP) is 2.90. The molecule has 0 bridgehead atoms. The normalized spacial score (nSPS) is 12.4. The highest BCUT2D eigenvalue weighted by Crippen LogP contribution is 2.26. The smallest absolute Gasteiger partial charge is 0.137 e. The molecule has 0 radical (unpaired) electrons. The fourth-order valence-electron chi connectivity index (χ4n) is 1.72. The molecule has 2 aromatic rings. The van der Waals surface area contributed by atoms with Gasteiger partial charge in [-0.2, -0.15) is 11.3 Å². The number of nitrogens with two attached hydrogens (primary N) is 1. The maximum Gasteiger partial charge on any atom is 0.137 e. The molecule has 17 heavy (non-hydrogen) atoms. The van der Waals surface area contributed by atoms with Gasteiger partial charge in [0.1, 0.15) is 5.75 Å². The van der Waals surface area contributed by atoms with Crippen LogP contribution in [-0.4, -0.2) is 11.6 Å². The average molecular weight is 248 g/mol. The Morgan fingerprint density at radius 2 is 2.24 bits per heavy atom. The van der Waals surface area contributed by atoms with Crippen LogP contribution in [0.4, 0.5) is 0 Å². The lowest BCUT2D eigenvalue weighted by Crippen LogP contribution is -2.12. The molecule has 90 valence electrons. The summed E-state index contributed by atoms with van der Waals surface area (Å²) in [4.78, 5) is 4.16. The Bertz CT molecular complexity index is 496. The van der Waals surface area contributed by atoms with E-state index in [-0.39, 0.29) is 6.04 Å². The maximum atomic E-state index is 6.24. The van der Waals surface area contributed by atoms with E-state index >= 15 is 0 Å². The molecule has 1 atom stereocenters. The first kappa shape index (κ1) is 12.1. The van der Waals surface area contributed by atoms with Gasteiger partial charge in [0, 0.05) is 6.20 Å². The van der Waals surface area contributed by atoms with Crippen LogP contribution in [0, 0.1) is 6.92 Å². The topological polar surface area (TPSA) is 48.1 Å². The van der Waals surface area contributed by atoms with Crippen molar-refractivity contribution < 1.29 is 4.74 Å². The van der Waals surface area contributed by atoms with E-state index in [0.29, 0.717) is 6.61 Å². The number of rotatable bonds is 4. The molecule has 0 saturated carbocycles. The number of ether oxygens (including phenoxy) is 1. The highest BCUT2D eigenvalue weighted by Gasteiger charge is 2.13. The summed E-state index contributed by atoms with van der Waals surface area (Å²) in [7, 11) is 0. The van der Waals surface area contributed by atoms with Crippen LogP contribution in [0.5, 0.6) is 5.75 Å². The third kappa shape index (κ3) is 2.65. The van der Waals surface area contributed by atoms with Crippen molar-refractivity contribution in [3.8, 4) is 5.75 Å². The molecule has 0 aromatic carbocycles. The first-order chi connectivity index (χ1) is 8.22. The Balaban J connectivity index is 2.28. The van der Waals surface area contributed by atoms with Gasteiger partial charge in [-0.1, -0.05) is 0 Å². The standard InChI is InChI=1S/C13H16N2OS/c1-3-16-11-4-10(5-15-6-11)13(14)12-8-17-7-9(12)2/h4-8,13H,3,14H2,1-2H3. The molecule has 4 heteroatoms. The van der Waals surface area contributed by atoms with Crippen molar-refractivity contribution in [3.05, 3.63) is 45.9 Å². The molecule has 0 amide bonds. The van der Waals surface area contributed by atoms with Crippen molar-refractivity contribution in [1.82, 2.24) is 4.98 Å². The largest absolute Gasteiger partial charge is 0.492 e. The highest BCUT2D eigenvalue weighted by atomic mass is 32.1.